The quantitative estimate of drug-likeness (QED) is 0.377. The predicted octanol–water partition coefficient (Wildman–Crippen LogP) is 3.44. The van der Waals surface area contributed by atoms with Gasteiger partial charge in [0.15, 0.2) is 12.4 Å². The molecule has 0 atom stereocenters. The normalized spacial score (nSPS) is 10.5. The molecule has 0 saturated carbocycles. The van der Waals surface area contributed by atoms with Gasteiger partial charge >= 0.3 is 0 Å². The van der Waals surface area contributed by atoms with Crippen molar-refractivity contribution in [3.8, 4) is 0 Å². The number of halogens is 1. The van der Waals surface area contributed by atoms with Gasteiger partial charge in [0.05, 0.1) is 4.92 Å². The molecule has 1 heterocycles. The minimum absolute atomic E-state index is 0.0805. The summed E-state index contributed by atoms with van der Waals surface area (Å²) in [5.41, 5.74) is 3.12. The summed E-state index contributed by atoms with van der Waals surface area (Å²) in [5.74, 6) is -0.0805. The maximum atomic E-state index is 12.1. The van der Waals surface area contributed by atoms with E-state index in [0.29, 0.717) is 18.0 Å². The number of carbonyl (C=O) groups is 1. The van der Waals surface area contributed by atoms with Crippen molar-refractivity contribution < 1.29 is 14.3 Å². The second-order valence-electron chi connectivity index (χ2n) is 6.38. The summed E-state index contributed by atoms with van der Waals surface area (Å²) in [7, 11) is 0. The lowest BCUT2D eigenvalue weighted by Crippen LogP contribution is -2.42. The molecule has 0 bridgehead atoms. The Morgan fingerprint density at radius 2 is 1.50 bits per heavy atom. The number of nitro groups is 1. The molecule has 7 heteroatoms. The summed E-state index contributed by atoms with van der Waals surface area (Å²) < 4.78 is 1.80. The number of non-ortho nitro benzene ring substituents is 1. The smallest absolute Gasteiger partial charge is 0.286 e. The van der Waals surface area contributed by atoms with Crippen molar-refractivity contribution in [2.24, 2.45) is 0 Å². The molecule has 0 spiro atoms. The molecule has 0 saturated heterocycles. The van der Waals surface area contributed by atoms with Crippen molar-refractivity contribution in [2.75, 3.05) is 0 Å². The van der Waals surface area contributed by atoms with E-state index in [0.717, 1.165) is 16.7 Å². The summed E-state index contributed by atoms with van der Waals surface area (Å²) in [4.78, 5) is 22.4. The van der Waals surface area contributed by atoms with E-state index >= 15 is 0 Å². The van der Waals surface area contributed by atoms with Crippen molar-refractivity contribution in [2.45, 2.75) is 19.5 Å². The molecule has 0 radical (unpaired) electrons. The van der Waals surface area contributed by atoms with E-state index in [1.165, 1.54) is 12.1 Å². The second-order valence-corrected chi connectivity index (χ2v) is 6.82. The van der Waals surface area contributed by atoms with Crippen LogP contribution in [-0.2, 0) is 24.3 Å². The van der Waals surface area contributed by atoms with E-state index in [4.69, 9.17) is 11.6 Å². The maximum Gasteiger partial charge on any atom is 0.286 e. The first-order chi connectivity index (χ1) is 13.5. The van der Waals surface area contributed by atoms with Crippen LogP contribution in [0.1, 0.15) is 16.7 Å². The SMILES string of the molecule is O=C(C[n+]1ccc(Cc2ccc([N+](=O)[O-])cc2)cc1)NCc1ccc(Cl)cc1. The summed E-state index contributed by atoms with van der Waals surface area (Å²) >= 11 is 5.85. The van der Waals surface area contributed by atoms with Crippen molar-refractivity contribution in [3.05, 3.63) is 105 Å². The van der Waals surface area contributed by atoms with Crippen LogP contribution in [0.2, 0.25) is 5.02 Å². The first-order valence-electron chi connectivity index (χ1n) is 8.72. The number of benzene rings is 2. The highest BCUT2D eigenvalue weighted by molar-refractivity contribution is 6.30. The standard InChI is InChI=1S/C21H18ClN3O3/c22-19-5-1-18(2-6-19)14-23-21(26)15-24-11-9-17(10-12-24)13-16-3-7-20(8-4-16)25(27)28/h1-12H,13-15H2/p+1. The largest absolute Gasteiger partial charge is 0.347 e. The zero-order valence-corrected chi connectivity index (χ0v) is 15.8. The first kappa shape index (κ1) is 19.5. The van der Waals surface area contributed by atoms with Gasteiger partial charge in [-0.05, 0) is 35.2 Å². The molecule has 28 heavy (non-hydrogen) atoms. The second kappa shape index (κ2) is 9.10. The molecule has 0 fully saturated rings. The van der Waals surface area contributed by atoms with Crippen LogP contribution in [0.4, 0.5) is 5.69 Å². The van der Waals surface area contributed by atoms with E-state index in [-0.39, 0.29) is 18.1 Å². The monoisotopic (exact) mass is 396 g/mol. The molecule has 0 unspecified atom stereocenters. The summed E-state index contributed by atoms with van der Waals surface area (Å²) in [6.45, 7) is 0.681. The van der Waals surface area contributed by atoms with E-state index < -0.39 is 4.92 Å². The fourth-order valence-electron chi connectivity index (χ4n) is 2.71. The maximum absolute atomic E-state index is 12.1. The number of nitro benzene ring substituents is 1. The molecule has 0 aliphatic heterocycles. The molecule has 142 valence electrons. The van der Waals surface area contributed by atoms with E-state index in [1.807, 2.05) is 36.7 Å². The first-order valence-corrected chi connectivity index (χ1v) is 9.10. The van der Waals surface area contributed by atoms with E-state index in [1.54, 1.807) is 28.8 Å². The average Bonchev–Trinajstić information content (AvgIpc) is 2.69. The van der Waals surface area contributed by atoms with Crippen molar-refractivity contribution in [1.29, 1.82) is 0 Å². The summed E-state index contributed by atoms with van der Waals surface area (Å²) in [6.07, 6.45) is 4.37. The number of aromatic nitrogens is 1. The third-order valence-electron chi connectivity index (χ3n) is 4.24. The van der Waals surface area contributed by atoms with Gasteiger partial charge in [-0.3, -0.25) is 14.9 Å². The summed E-state index contributed by atoms with van der Waals surface area (Å²) in [5, 5.41) is 14.2. The number of amides is 1. The predicted molar refractivity (Wildman–Crippen MR) is 106 cm³/mol. The Bertz CT molecular complexity index is 956. The van der Waals surface area contributed by atoms with Crippen LogP contribution in [0, 0.1) is 10.1 Å². The Kier molecular flexibility index (Phi) is 6.34. The van der Waals surface area contributed by atoms with Crippen LogP contribution in [0.5, 0.6) is 0 Å². The van der Waals surface area contributed by atoms with Gasteiger partial charge in [-0.2, -0.15) is 4.57 Å². The number of pyridine rings is 1. The minimum Gasteiger partial charge on any atom is -0.347 e. The minimum atomic E-state index is -0.410. The van der Waals surface area contributed by atoms with Crippen LogP contribution in [0.15, 0.2) is 73.1 Å². The highest BCUT2D eigenvalue weighted by atomic mass is 35.5. The molecule has 1 N–H and O–H groups in total. The molecule has 0 aliphatic rings. The molecule has 1 aromatic heterocycles. The Morgan fingerprint density at radius 1 is 0.929 bits per heavy atom. The van der Waals surface area contributed by atoms with Crippen LogP contribution in [0.25, 0.3) is 0 Å². The Morgan fingerprint density at radius 3 is 2.11 bits per heavy atom. The number of nitrogens with zero attached hydrogens (tertiary/aromatic N) is 2. The highest BCUT2D eigenvalue weighted by Gasteiger charge is 2.10. The van der Waals surface area contributed by atoms with Crippen LogP contribution < -0.4 is 9.88 Å². The lowest BCUT2D eigenvalue weighted by atomic mass is 10.1. The molecular weight excluding hydrogens is 378 g/mol. The number of carbonyl (C=O) groups excluding carboxylic acids is 1. The highest BCUT2D eigenvalue weighted by Crippen LogP contribution is 2.14. The molecule has 2 aromatic carbocycles. The Labute approximate surface area is 167 Å². The number of nitrogens with one attached hydrogen (secondary N) is 1. The van der Waals surface area contributed by atoms with E-state index in [2.05, 4.69) is 5.32 Å². The zero-order valence-electron chi connectivity index (χ0n) is 15.0. The van der Waals surface area contributed by atoms with Crippen LogP contribution >= 0.6 is 11.6 Å². The van der Waals surface area contributed by atoms with Gasteiger partial charge in [-0.25, -0.2) is 0 Å². The molecule has 6 nitrogen and oxygen atoms in total. The molecule has 1 amide bonds. The Balaban J connectivity index is 1.51. The average molecular weight is 397 g/mol. The van der Waals surface area contributed by atoms with Crippen LogP contribution in [0.3, 0.4) is 0 Å². The zero-order chi connectivity index (χ0) is 19.9. The van der Waals surface area contributed by atoms with Crippen LogP contribution in [-0.4, -0.2) is 10.8 Å². The van der Waals surface area contributed by atoms with Crippen molar-refractivity contribution in [1.82, 2.24) is 5.32 Å². The lowest BCUT2D eigenvalue weighted by molar-refractivity contribution is -0.684. The third-order valence-corrected chi connectivity index (χ3v) is 4.50. The molecular formula is C21H19ClN3O3+. The molecule has 0 aliphatic carbocycles. The number of hydrogen-bond acceptors (Lipinski definition) is 3. The third kappa shape index (κ3) is 5.62. The fraction of sp³-hybridized carbons (Fsp3) is 0.143. The van der Waals surface area contributed by atoms with Crippen molar-refractivity contribution in [3.63, 3.8) is 0 Å². The number of rotatable bonds is 7. The van der Waals surface area contributed by atoms with Gasteiger partial charge in [-0.1, -0.05) is 35.9 Å². The van der Waals surface area contributed by atoms with Gasteiger partial charge in [0.25, 0.3) is 11.6 Å². The van der Waals surface area contributed by atoms with Gasteiger partial charge in [0.1, 0.15) is 0 Å². The Hall–Kier alpha value is -3.25. The van der Waals surface area contributed by atoms with Gasteiger partial charge in [0.2, 0.25) is 6.54 Å². The van der Waals surface area contributed by atoms with E-state index in [9.17, 15) is 14.9 Å². The molecule has 3 aromatic rings. The van der Waals surface area contributed by atoms with Gasteiger partial charge in [0, 0.05) is 35.8 Å². The lowest BCUT2D eigenvalue weighted by Gasteiger charge is -2.04. The fourth-order valence-corrected chi connectivity index (χ4v) is 2.83. The van der Waals surface area contributed by atoms with Crippen molar-refractivity contribution >= 4 is 23.2 Å². The van der Waals surface area contributed by atoms with Gasteiger partial charge < -0.3 is 5.32 Å². The topological polar surface area (TPSA) is 76.1 Å². The summed E-state index contributed by atoms with van der Waals surface area (Å²) in [6, 6.07) is 17.7. The molecule has 3 rings (SSSR count). The van der Waals surface area contributed by atoms with Gasteiger partial charge in [-0.15, -0.1) is 0 Å². The number of hydrogen-bond donors (Lipinski definition) is 1.